The van der Waals surface area contributed by atoms with Gasteiger partial charge in [0.25, 0.3) is 0 Å². The summed E-state index contributed by atoms with van der Waals surface area (Å²) in [5.74, 6) is 0. The molecule has 1 aliphatic carbocycles. The van der Waals surface area contributed by atoms with Crippen molar-refractivity contribution in [3.05, 3.63) is 22.4 Å². The molecular formula is C10H13BrS. The van der Waals surface area contributed by atoms with Crippen LogP contribution in [0.5, 0.6) is 0 Å². The molecule has 0 nitrogen and oxygen atoms in total. The molecule has 1 heterocycles. The molecule has 0 saturated heterocycles. The number of halogens is 1. The van der Waals surface area contributed by atoms with Crippen LogP contribution in [0.4, 0.5) is 0 Å². The average Bonchev–Trinajstić information content (AvgIpc) is 2.58. The molecule has 2 heteroatoms. The third-order valence-electron chi connectivity index (χ3n) is 2.61. The summed E-state index contributed by atoms with van der Waals surface area (Å²) < 4.78 is 0.333. The fraction of sp³-hybridized carbons (Fsp3) is 0.600. The van der Waals surface area contributed by atoms with Gasteiger partial charge in [-0.15, -0.1) is 11.3 Å². The fourth-order valence-corrected chi connectivity index (χ4v) is 3.74. The van der Waals surface area contributed by atoms with Gasteiger partial charge in [0, 0.05) is 4.88 Å². The van der Waals surface area contributed by atoms with Crippen molar-refractivity contribution in [2.75, 3.05) is 0 Å². The lowest BCUT2D eigenvalue weighted by Gasteiger charge is -2.30. The van der Waals surface area contributed by atoms with Gasteiger partial charge < -0.3 is 0 Å². The number of hydrogen-bond donors (Lipinski definition) is 0. The molecular weight excluding hydrogens is 232 g/mol. The Bertz CT molecular complexity index is 234. The lowest BCUT2D eigenvalue weighted by atomic mass is 9.88. The molecule has 12 heavy (non-hydrogen) atoms. The fourth-order valence-electron chi connectivity index (χ4n) is 1.89. The highest BCUT2D eigenvalue weighted by atomic mass is 79.9. The van der Waals surface area contributed by atoms with Crippen LogP contribution in [0.3, 0.4) is 0 Å². The Morgan fingerprint density at radius 1 is 1.25 bits per heavy atom. The van der Waals surface area contributed by atoms with Gasteiger partial charge in [0.1, 0.15) is 0 Å². The van der Waals surface area contributed by atoms with E-state index in [1.807, 2.05) is 11.3 Å². The topological polar surface area (TPSA) is 0 Å². The number of rotatable bonds is 1. The molecule has 1 fully saturated rings. The zero-order chi connectivity index (χ0) is 8.44. The van der Waals surface area contributed by atoms with Gasteiger partial charge in [-0.2, -0.15) is 0 Å². The molecule has 2 rings (SSSR count). The molecule has 0 atom stereocenters. The predicted molar refractivity (Wildman–Crippen MR) is 58.0 cm³/mol. The molecule has 66 valence electrons. The molecule has 0 radical (unpaired) electrons. The van der Waals surface area contributed by atoms with Crippen LogP contribution < -0.4 is 0 Å². The minimum absolute atomic E-state index is 0.333. The lowest BCUT2D eigenvalue weighted by molar-refractivity contribution is 0.420. The van der Waals surface area contributed by atoms with Crippen molar-refractivity contribution in [1.82, 2.24) is 0 Å². The summed E-state index contributed by atoms with van der Waals surface area (Å²) in [6, 6.07) is 4.41. The highest BCUT2D eigenvalue weighted by molar-refractivity contribution is 9.09. The van der Waals surface area contributed by atoms with Crippen LogP contribution in [0.15, 0.2) is 17.5 Å². The van der Waals surface area contributed by atoms with Crippen LogP contribution in [0.1, 0.15) is 37.0 Å². The van der Waals surface area contributed by atoms with E-state index in [1.165, 1.54) is 37.0 Å². The molecule has 0 amide bonds. The van der Waals surface area contributed by atoms with Gasteiger partial charge in [-0.3, -0.25) is 0 Å². The van der Waals surface area contributed by atoms with Crippen LogP contribution >= 0.6 is 27.3 Å². The second-order valence-electron chi connectivity index (χ2n) is 3.50. The summed E-state index contributed by atoms with van der Waals surface area (Å²) in [4.78, 5) is 1.52. The maximum Gasteiger partial charge on any atom is 0.0599 e. The molecule has 0 spiro atoms. The van der Waals surface area contributed by atoms with E-state index in [4.69, 9.17) is 0 Å². The van der Waals surface area contributed by atoms with Gasteiger partial charge >= 0.3 is 0 Å². The summed E-state index contributed by atoms with van der Waals surface area (Å²) in [6.07, 6.45) is 6.80. The van der Waals surface area contributed by atoms with Crippen molar-refractivity contribution in [2.24, 2.45) is 0 Å². The van der Waals surface area contributed by atoms with Crippen LogP contribution in [0, 0.1) is 0 Å². The van der Waals surface area contributed by atoms with E-state index in [0.29, 0.717) is 4.32 Å². The van der Waals surface area contributed by atoms with Crippen LogP contribution in [-0.4, -0.2) is 0 Å². The van der Waals surface area contributed by atoms with Crippen molar-refractivity contribution < 1.29 is 0 Å². The number of alkyl halides is 1. The highest BCUT2D eigenvalue weighted by Gasteiger charge is 2.31. The summed E-state index contributed by atoms with van der Waals surface area (Å²) in [5, 5.41) is 2.17. The van der Waals surface area contributed by atoms with E-state index in [-0.39, 0.29) is 0 Å². The van der Waals surface area contributed by atoms with Crippen LogP contribution in [0.2, 0.25) is 0 Å². The van der Waals surface area contributed by atoms with E-state index in [2.05, 4.69) is 33.4 Å². The normalized spacial score (nSPS) is 22.4. The Kier molecular flexibility index (Phi) is 2.56. The van der Waals surface area contributed by atoms with Crippen molar-refractivity contribution in [2.45, 2.75) is 36.4 Å². The number of hydrogen-bond acceptors (Lipinski definition) is 1. The highest BCUT2D eigenvalue weighted by Crippen LogP contribution is 2.46. The second-order valence-corrected chi connectivity index (χ2v) is 5.97. The monoisotopic (exact) mass is 244 g/mol. The minimum atomic E-state index is 0.333. The van der Waals surface area contributed by atoms with Gasteiger partial charge in [0.05, 0.1) is 4.32 Å². The van der Waals surface area contributed by atoms with Crippen molar-refractivity contribution in [3.63, 3.8) is 0 Å². The molecule has 0 aromatic carbocycles. The Labute approximate surface area is 86.1 Å². The molecule has 1 saturated carbocycles. The molecule has 0 aliphatic heterocycles. The van der Waals surface area contributed by atoms with Crippen molar-refractivity contribution >= 4 is 27.3 Å². The molecule has 0 unspecified atom stereocenters. The first kappa shape index (κ1) is 8.76. The largest absolute Gasteiger partial charge is 0.147 e. The van der Waals surface area contributed by atoms with E-state index < -0.39 is 0 Å². The molecule has 0 bridgehead atoms. The van der Waals surface area contributed by atoms with Crippen molar-refractivity contribution in [1.29, 1.82) is 0 Å². The van der Waals surface area contributed by atoms with Crippen LogP contribution in [0.25, 0.3) is 0 Å². The molecule has 1 aromatic rings. The zero-order valence-corrected chi connectivity index (χ0v) is 9.46. The second kappa shape index (κ2) is 3.51. The summed E-state index contributed by atoms with van der Waals surface area (Å²) in [5.41, 5.74) is 0. The Hall–Kier alpha value is 0.180. The summed E-state index contributed by atoms with van der Waals surface area (Å²) >= 11 is 5.77. The third kappa shape index (κ3) is 1.60. The first-order chi connectivity index (χ1) is 5.81. The average molecular weight is 245 g/mol. The molecule has 1 aromatic heterocycles. The summed E-state index contributed by atoms with van der Waals surface area (Å²) in [6.45, 7) is 0. The Balaban J connectivity index is 2.19. The van der Waals surface area contributed by atoms with Crippen LogP contribution in [-0.2, 0) is 4.32 Å². The van der Waals surface area contributed by atoms with Gasteiger partial charge in [-0.1, -0.05) is 41.3 Å². The van der Waals surface area contributed by atoms with E-state index in [0.717, 1.165) is 0 Å². The number of thiophene rings is 1. The first-order valence-electron chi connectivity index (χ1n) is 4.54. The standard InChI is InChI=1S/C10H13BrS/c11-10(6-2-1-3-7-10)9-5-4-8-12-9/h4-5,8H,1-3,6-7H2. The Morgan fingerprint density at radius 2 is 2.00 bits per heavy atom. The van der Waals surface area contributed by atoms with Crippen molar-refractivity contribution in [3.8, 4) is 0 Å². The van der Waals surface area contributed by atoms with E-state index in [1.54, 1.807) is 0 Å². The quantitative estimate of drug-likeness (QED) is 0.647. The molecule has 1 aliphatic rings. The maximum atomic E-state index is 3.89. The van der Waals surface area contributed by atoms with Gasteiger partial charge in [-0.05, 0) is 24.3 Å². The van der Waals surface area contributed by atoms with E-state index >= 15 is 0 Å². The Morgan fingerprint density at radius 3 is 2.58 bits per heavy atom. The smallest absolute Gasteiger partial charge is 0.0599 e. The van der Waals surface area contributed by atoms with Gasteiger partial charge in [-0.25, -0.2) is 0 Å². The van der Waals surface area contributed by atoms with Gasteiger partial charge in [0.2, 0.25) is 0 Å². The SMILES string of the molecule is BrC1(c2cccs2)CCCCC1. The van der Waals surface area contributed by atoms with Gasteiger partial charge in [0.15, 0.2) is 0 Å². The third-order valence-corrected chi connectivity index (χ3v) is 5.17. The molecule has 0 N–H and O–H groups in total. The minimum Gasteiger partial charge on any atom is -0.147 e. The first-order valence-corrected chi connectivity index (χ1v) is 6.21. The predicted octanol–water partition coefficient (Wildman–Crippen LogP) is 4.30. The summed E-state index contributed by atoms with van der Waals surface area (Å²) in [7, 11) is 0. The maximum absolute atomic E-state index is 3.89. The van der Waals surface area contributed by atoms with E-state index in [9.17, 15) is 0 Å². The zero-order valence-electron chi connectivity index (χ0n) is 7.05. The lowest BCUT2D eigenvalue weighted by Crippen LogP contribution is -2.19.